The van der Waals surface area contributed by atoms with E-state index in [-0.39, 0.29) is 11.5 Å². The minimum Gasteiger partial charge on any atom is -0.493 e. The molecule has 0 spiro atoms. The Kier molecular flexibility index (Phi) is 6.12. The van der Waals surface area contributed by atoms with Crippen molar-refractivity contribution in [2.75, 3.05) is 25.0 Å². The number of methoxy groups -OCH3 is 2. The number of amides is 2. The van der Waals surface area contributed by atoms with Gasteiger partial charge in [-0.1, -0.05) is 24.3 Å². The number of para-hydroxylation sites is 1. The summed E-state index contributed by atoms with van der Waals surface area (Å²) < 4.78 is 12.0. The average Bonchev–Trinajstić information content (AvgIpc) is 2.82. The molecule has 0 aliphatic carbocycles. The normalized spacial score (nSPS) is 10.5. The highest BCUT2D eigenvalue weighted by Crippen LogP contribution is 2.29. The van der Waals surface area contributed by atoms with Crippen molar-refractivity contribution < 1.29 is 14.3 Å². The maximum absolute atomic E-state index is 13.4. The van der Waals surface area contributed by atoms with E-state index in [1.807, 2.05) is 25.1 Å². The Morgan fingerprint density at radius 3 is 2.48 bits per heavy atom. The minimum atomic E-state index is -0.512. The molecular formula is C24H23N5O4. The number of carbonyl (C=O) groups is 1. The van der Waals surface area contributed by atoms with Crippen LogP contribution in [-0.4, -0.2) is 29.8 Å². The van der Waals surface area contributed by atoms with E-state index in [4.69, 9.17) is 9.47 Å². The van der Waals surface area contributed by atoms with Crippen molar-refractivity contribution in [1.82, 2.24) is 15.0 Å². The van der Waals surface area contributed by atoms with E-state index < -0.39 is 6.03 Å². The van der Waals surface area contributed by atoms with Crippen molar-refractivity contribution in [3.63, 3.8) is 0 Å². The topological polar surface area (TPSA) is 107 Å². The van der Waals surface area contributed by atoms with Crippen LogP contribution in [-0.2, 0) is 0 Å². The van der Waals surface area contributed by atoms with Crippen molar-refractivity contribution in [3.8, 4) is 17.2 Å². The molecule has 0 fully saturated rings. The van der Waals surface area contributed by atoms with Crippen LogP contribution in [0, 0.1) is 6.92 Å². The third-order valence-corrected chi connectivity index (χ3v) is 4.96. The molecule has 0 unspecified atom stereocenters. The summed E-state index contributed by atoms with van der Waals surface area (Å²) in [5.41, 5.74) is 7.62. The second-order valence-corrected chi connectivity index (χ2v) is 7.21. The van der Waals surface area contributed by atoms with Crippen LogP contribution in [0.1, 0.15) is 5.56 Å². The molecule has 0 radical (unpaired) electrons. The van der Waals surface area contributed by atoms with E-state index in [0.717, 1.165) is 5.56 Å². The maximum atomic E-state index is 13.4. The molecule has 0 bridgehead atoms. The summed E-state index contributed by atoms with van der Waals surface area (Å²) in [5, 5.41) is 3.17. The van der Waals surface area contributed by atoms with Gasteiger partial charge in [0.25, 0.3) is 5.56 Å². The number of urea groups is 1. The van der Waals surface area contributed by atoms with Gasteiger partial charge in [-0.3, -0.25) is 10.2 Å². The molecule has 168 valence electrons. The Hall–Kier alpha value is -4.53. The lowest BCUT2D eigenvalue weighted by Gasteiger charge is -2.17. The molecule has 4 rings (SSSR count). The van der Waals surface area contributed by atoms with Crippen molar-refractivity contribution in [1.29, 1.82) is 0 Å². The van der Waals surface area contributed by atoms with E-state index in [1.54, 1.807) is 48.5 Å². The van der Waals surface area contributed by atoms with Crippen LogP contribution in [0.4, 0.5) is 16.4 Å². The Morgan fingerprint density at radius 2 is 1.73 bits per heavy atom. The summed E-state index contributed by atoms with van der Waals surface area (Å²) >= 11 is 0. The number of rotatable bonds is 6. The van der Waals surface area contributed by atoms with Gasteiger partial charge in [0.15, 0.2) is 11.5 Å². The number of aryl methyl sites for hydroxylation is 1. The van der Waals surface area contributed by atoms with Gasteiger partial charge in [0, 0.05) is 11.8 Å². The molecule has 9 nitrogen and oxygen atoms in total. The van der Waals surface area contributed by atoms with Gasteiger partial charge < -0.3 is 14.8 Å². The number of hydrogen-bond donors (Lipinski definition) is 3. The number of nitrogens with zero attached hydrogens (tertiary/aromatic N) is 2. The van der Waals surface area contributed by atoms with Crippen molar-refractivity contribution in [2.24, 2.45) is 0 Å². The third kappa shape index (κ3) is 4.57. The molecule has 0 saturated carbocycles. The van der Waals surface area contributed by atoms with Crippen molar-refractivity contribution in [3.05, 3.63) is 82.6 Å². The standard InChI is InChI=1S/C24H23N5O4/c1-15-7-6-8-16(13-15)25-24(31)28-27-23-26-19-10-5-4-9-18(19)22(30)29(23)17-11-12-20(32-2)21(14-17)33-3/h4-14H,1-3H3,(H,26,27)(H2,25,28,31). The van der Waals surface area contributed by atoms with E-state index >= 15 is 0 Å². The molecule has 3 N–H and O–H groups in total. The second kappa shape index (κ2) is 9.31. The fraction of sp³-hybridized carbons (Fsp3) is 0.125. The number of hydrazine groups is 1. The molecule has 0 atom stereocenters. The number of benzene rings is 3. The second-order valence-electron chi connectivity index (χ2n) is 7.21. The number of nitrogens with one attached hydrogen (secondary N) is 3. The largest absolute Gasteiger partial charge is 0.493 e. The zero-order chi connectivity index (χ0) is 23.4. The predicted molar refractivity (Wildman–Crippen MR) is 127 cm³/mol. The van der Waals surface area contributed by atoms with Gasteiger partial charge in [0.2, 0.25) is 5.95 Å². The summed E-state index contributed by atoms with van der Waals surface area (Å²) in [6, 6.07) is 18.9. The predicted octanol–water partition coefficient (Wildman–Crippen LogP) is 3.86. The molecule has 33 heavy (non-hydrogen) atoms. The highest BCUT2D eigenvalue weighted by Gasteiger charge is 2.15. The summed E-state index contributed by atoms with van der Waals surface area (Å²) in [5.74, 6) is 1.10. The Labute approximate surface area is 190 Å². The first kappa shape index (κ1) is 21.7. The minimum absolute atomic E-state index is 0.130. The number of carbonyl (C=O) groups excluding carboxylic acids is 1. The molecular weight excluding hydrogens is 422 g/mol. The van der Waals surface area contributed by atoms with Gasteiger partial charge in [-0.2, -0.15) is 0 Å². The van der Waals surface area contributed by atoms with Crippen LogP contribution in [0.25, 0.3) is 16.6 Å². The van der Waals surface area contributed by atoms with E-state index in [9.17, 15) is 9.59 Å². The first-order chi connectivity index (χ1) is 16.0. The zero-order valence-corrected chi connectivity index (χ0v) is 18.4. The first-order valence-electron chi connectivity index (χ1n) is 10.1. The SMILES string of the molecule is COc1ccc(-n2c(NNC(=O)Nc3cccc(C)c3)nc3ccccc3c2=O)cc1OC. The molecule has 3 aromatic carbocycles. The van der Waals surface area contributed by atoms with E-state index in [1.165, 1.54) is 18.8 Å². The lowest BCUT2D eigenvalue weighted by atomic mass is 10.2. The summed E-state index contributed by atoms with van der Waals surface area (Å²) in [7, 11) is 3.05. The van der Waals surface area contributed by atoms with Gasteiger partial charge >= 0.3 is 6.03 Å². The van der Waals surface area contributed by atoms with Crippen molar-refractivity contribution in [2.45, 2.75) is 6.92 Å². The van der Waals surface area contributed by atoms with Crippen LogP contribution in [0.2, 0.25) is 0 Å². The molecule has 0 aliphatic heterocycles. The monoisotopic (exact) mass is 445 g/mol. The van der Waals surface area contributed by atoms with Crippen LogP contribution < -0.4 is 31.2 Å². The quantitative estimate of drug-likeness (QED) is 0.389. The highest BCUT2D eigenvalue weighted by molar-refractivity contribution is 5.90. The molecule has 0 aliphatic rings. The van der Waals surface area contributed by atoms with Crippen LogP contribution in [0.5, 0.6) is 11.5 Å². The van der Waals surface area contributed by atoms with Gasteiger partial charge in [-0.15, -0.1) is 0 Å². The number of fused-ring (bicyclic) bond motifs is 1. The molecule has 1 heterocycles. The third-order valence-electron chi connectivity index (χ3n) is 4.96. The van der Waals surface area contributed by atoms with Gasteiger partial charge in [-0.25, -0.2) is 19.8 Å². The Bertz CT molecular complexity index is 1380. The van der Waals surface area contributed by atoms with Gasteiger partial charge in [0.1, 0.15) is 0 Å². The van der Waals surface area contributed by atoms with E-state index in [2.05, 4.69) is 21.2 Å². The smallest absolute Gasteiger partial charge is 0.337 e. The Balaban J connectivity index is 1.71. The number of ether oxygens (including phenoxy) is 2. The maximum Gasteiger partial charge on any atom is 0.337 e. The molecule has 0 saturated heterocycles. The lowest BCUT2D eigenvalue weighted by Crippen LogP contribution is -2.36. The summed E-state index contributed by atoms with van der Waals surface area (Å²) in [4.78, 5) is 30.3. The first-order valence-corrected chi connectivity index (χ1v) is 10.1. The van der Waals surface area contributed by atoms with Crippen molar-refractivity contribution >= 4 is 28.6 Å². The number of hydrogen-bond acceptors (Lipinski definition) is 6. The number of aromatic nitrogens is 2. The summed E-state index contributed by atoms with van der Waals surface area (Å²) in [6.45, 7) is 1.93. The zero-order valence-electron chi connectivity index (χ0n) is 18.4. The van der Waals surface area contributed by atoms with Crippen LogP contribution in [0.3, 0.4) is 0 Å². The Morgan fingerprint density at radius 1 is 0.939 bits per heavy atom. The highest BCUT2D eigenvalue weighted by atomic mass is 16.5. The molecule has 9 heteroatoms. The molecule has 1 aromatic heterocycles. The average molecular weight is 445 g/mol. The lowest BCUT2D eigenvalue weighted by molar-refractivity contribution is 0.253. The van der Waals surface area contributed by atoms with Crippen LogP contribution in [0.15, 0.2) is 71.5 Å². The number of anilines is 2. The van der Waals surface area contributed by atoms with Crippen LogP contribution >= 0.6 is 0 Å². The van der Waals surface area contributed by atoms with Gasteiger partial charge in [0.05, 0.1) is 30.8 Å². The molecule has 2 amide bonds. The fourth-order valence-corrected chi connectivity index (χ4v) is 3.42. The van der Waals surface area contributed by atoms with E-state index in [0.29, 0.717) is 33.8 Å². The summed E-state index contributed by atoms with van der Waals surface area (Å²) in [6.07, 6.45) is 0. The molecule has 4 aromatic rings. The fourth-order valence-electron chi connectivity index (χ4n) is 3.42. The van der Waals surface area contributed by atoms with Gasteiger partial charge in [-0.05, 0) is 48.9 Å².